The van der Waals surface area contributed by atoms with Crippen molar-refractivity contribution in [3.8, 4) is 0 Å². The SMILES string of the molecule is COC1C[C@@H](N=[N+]=[N-])[C@@H](COC(c2ccccc2)(c2ccccc2)c2ccccc2)O1. The second-order valence-corrected chi connectivity index (χ2v) is 7.44. The zero-order valence-electron chi connectivity index (χ0n) is 17.4. The molecule has 3 aromatic rings. The Hall–Kier alpha value is -3.15. The molecule has 31 heavy (non-hydrogen) atoms. The number of methoxy groups -OCH3 is 1. The summed E-state index contributed by atoms with van der Waals surface area (Å²) in [5.74, 6) is 0. The number of ether oxygens (including phenoxy) is 3. The van der Waals surface area contributed by atoms with Crippen LogP contribution < -0.4 is 0 Å². The molecule has 3 aromatic carbocycles. The Kier molecular flexibility index (Phi) is 6.65. The van der Waals surface area contributed by atoms with Gasteiger partial charge in [0.25, 0.3) is 0 Å². The highest BCUT2D eigenvalue weighted by Crippen LogP contribution is 2.41. The summed E-state index contributed by atoms with van der Waals surface area (Å²) in [4.78, 5) is 2.99. The van der Waals surface area contributed by atoms with Crippen LogP contribution in [0.1, 0.15) is 23.1 Å². The fraction of sp³-hybridized carbons (Fsp3) is 0.280. The second-order valence-electron chi connectivity index (χ2n) is 7.44. The molecule has 158 valence electrons. The fourth-order valence-electron chi connectivity index (χ4n) is 4.16. The van der Waals surface area contributed by atoms with E-state index in [4.69, 9.17) is 19.7 Å². The lowest BCUT2D eigenvalue weighted by molar-refractivity contribution is -0.139. The topological polar surface area (TPSA) is 76.5 Å². The molecule has 0 bridgehead atoms. The first-order chi connectivity index (χ1) is 15.3. The van der Waals surface area contributed by atoms with Crippen molar-refractivity contribution in [1.29, 1.82) is 0 Å². The monoisotopic (exact) mass is 415 g/mol. The van der Waals surface area contributed by atoms with Gasteiger partial charge in [0.05, 0.1) is 18.8 Å². The molecule has 1 heterocycles. The highest BCUT2D eigenvalue weighted by molar-refractivity contribution is 5.47. The predicted octanol–water partition coefficient (Wildman–Crippen LogP) is 5.44. The quantitative estimate of drug-likeness (QED) is 0.213. The van der Waals surface area contributed by atoms with Gasteiger partial charge in [-0.25, -0.2) is 0 Å². The molecule has 1 aliphatic rings. The molecule has 1 unspecified atom stereocenters. The van der Waals surface area contributed by atoms with Crippen molar-refractivity contribution in [2.24, 2.45) is 5.11 Å². The number of rotatable bonds is 8. The molecule has 0 N–H and O–H groups in total. The Morgan fingerprint density at radius 2 is 1.39 bits per heavy atom. The Labute approximate surface area is 182 Å². The van der Waals surface area contributed by atoms with Gasteiger partial charge in [0, 0.05) is 18.4 Å². The maximum absolute atomic E-state index is 8.99. The largest absolute Gasteiger partial charge is 0.358 e. The minimum absolute atomic E-state index is 0.238. The van der Waals surface area contributed by atoms with Gasteiger partial charge in [0.2, 0.25) is 0 Å². The molecule has 3 atom stereocenters. The molecule has 0 spiro atoms. The molecule has 0 amide bonds. The summed E-state index contributed by atoms with van der Waals surface area (Å²) in [5.41, 5.74) is 11.2. The van der Waals surface area contributed by atoms with Crippen LogP contribution in [0.15, 0.2) is 96.1 Å². The Balaban J connectivity index is 1.78. The van der Waals surface area contributed by atoms with Crippen LogP contribution in [0.4, 0.5) is 0 Å². The first-order valence-electron chi connectivity index (χ1n) is 10.3. The van der Waals surface area contributed by atoms with Gasteiger partial charge in [-0.15, -0.1) is 0 Å². The van der Waals surface area contributed by atoms with Crippen LogP contribution in [0, 0.1) is 0 Å². The number of azide groups is 1. The number of benzene rings is 3. The zero-order chi connectivity index (χ0) is 21.5. The lowest BCUT2D eigenvalue weighted by Crippen LogP contribution is -2.37. The van der Waals surface area contributed by atoms with E-state index in [2.05, 4.69) is 46.4 Å². The fourth-order valence-corrected chi connectivity index (χ4v) is 4.16. The van der Waals surface area contributed by atoms with E-state index >= 15 is 0 Å². The van der Waals surface area contributed by atoms with Crippen molar-refractivity contribution in [3.63, 3.8) is 0 Å². The molecule has 0 aromatic heterocycles. The third-order valence-corrected chi connectivity index (χ3v) is 5.66. The van der Waals surface area contributed by atoms with Crippen molar-refractivity contribution in [1.82, 2.24) is 0 Å². The minimum atomic E-state index is -0.848. The van der Waals surface area contributed by atoms with Crippen LogP contribution in [0.2, 0.25) is 0 Å². The lowest BCUT2D eigenvalue weighted by atomic mass is 9.80. The molecule has 6 nitrogen and oxygen atoms in total. The van der Waals surface area contributed by atoms with Crippen molar-refractivity contribution < 1.29 is 14.2 Å². The zero-order valence-corrected chi connectivity index (χ0v) is 17.4. The third-order valence-electron chi connectivity index (χ3n) is 5.66. The standard InChI is InChI=1S/C25H25N3O3/c1-29-24-17-22(27-28-26)23(31-24)18-30-25(19-11-5-2-6-12-19,20-13-7-3-8-14-20)21-15-9-4-10-16-21/h2-16,22-24H,17-18H2,1H3/t22-,23-,24?/m1/s1. The van der Waals surface area contributed by atoms with Crippen molar-refractivity contribution >= 4 is 0 Å². The molecule has 1 saturated heterocycles. The van der Waals surface area contributed by atoms with E-state index in [1.54, 1.807) is 7.11 Å². The van der Waals surface area contributed by atoms with Gasteiger partial charge in [-0.05, 0) is 22.2 Å². The molecule has 0 saturated carbocycles. The summed E-state index contributed by atoms with van der Waals surface area (Å²) < 4.78 is 18.1. The molecule has 1 fully saturated rings. The molecular weight excluding hydrogens is 390 g/mol. The average molecular weight is 415 g/mol. The van der Waals surface area contributed by atoms with Crippen molar-refractivity contribution in [2.75, 3.05) is 13.7 Å². The summed E-state index contributed by atoms with van der Waals surface area (Å²) >= 11 is 0. The van der Waals surface area contributed by atoms with Gasteiger partial charge < -0.3 is 14.2 Å². The van der Waals surface area contributed by atoms with Crippen LogP contribution in [-0.2, 0) is 19.8 Å². The van der Waals surface area contributed by atoms with E-state index in [-0.39, 0.29) is 12.6 Å². The molecule has 0 aliphatic carbocycles. The van der Waals surface area contributed by atoms with Gasteiger partial charge in [-0.1, -0.05) is 96.1 Å². The van der Waals surface area contributed by atoms with Crippen LogP contribution in [-0.4, -0.2) is 32.2 Å². The van der Waals surface area contributed by atoms with E-state index < -0.39 is 18.0 Å². The lowest BCUT2D eigenvalue weighted by Gasteiger charge is -2.37. The summed E-state index contributed by atoms with van der Waals surface area (Å²) in [6.07, 6.45) is -0.316. The Bertz CT molecular complexity index is 911. The van der Waals surface area contributed by atoms with Crippen LogP contribution in [0.3, 0.4) is 0 Å². The van der Waals surface area contributed by atoms with E-state index in [0.29, 0.717) is 6.42 Å². The summed E-state index contributed by atoms with van der Waals surface area (Å²) in [5, 5.41) is 3.92. The molecular formula is C25H25N3O3. The molecule has 0 radical (unpaired) electrons. The summed E-state index contributed by atoms with van der Waals surface area (Å²) in [7, 11) is 1.59. The highest BCUT2D eigenvalue weighted by Gasteiger charge is 2.41. The maximum atomic E-state index is 8.99. The van der Waals surface area contributed by atoms with Gasteiger partial charge >= 0.3 is 0 Å². The van der Waals surface area contributed by atoms with E-state index in [1.807, 2.05) is 54.6 Å². The predicted molar refractivity (Wildman–Crippen MR) is 118 cm³/mol. The smallest absolute Gasteiger partial charge is 0.158 e. The van der Waals surface area contributed by atoms with Crippen molar-refractivity contribution in [3.05, 3.63) is 118 Å². The van der Waals surface area contributed by atoms with Gasteiger partial charge in [-0.2, -0.15) is 0 Å². The van der Waals surface area contributed by atoms with Gasteiger partial charge in [0.15, 0.2) is 6.29 Å². The van der Waals surface area contributed by atoms with Gasteiger partial charge in [0.1, 0.15) is 5.60 Å². The van der Waals surface area contributed by atoms with Gasteiger partial charge in [-0.3, -0.25) is 0 Å². The first kappa shape index (κ1) is 21.1. The number of hydrogen-bond acceptors (Lipinski definition) is 4. The average Bonchev–Trinajstić information content (AvgIpc) is 3.24. The molecule has 6 heteroatoms. The van der Waals surface area contributed by atoms with E-state index in [0.717, 1.165) is 16.7 Å². The van der Waals surface area contributed by atoms with Crippen molar-refractivity contribution in [2.45, 2.75) is 30.5 Å². The molecule has 1 aliphatic heterocycles. The number of nitrogens with zero attached hydrogens (tertiary/aromatic N) is 3. The second kappa shape index (κ2) is 9.77. The van der Waals surface area contributed by atoms with Crippen LogP contribution in [0.25, 0.3) is 10.4 Å². The summed E-state index contributed by atoms with van der Waals surface area (Å²) in [6.45, 7) is 0.238. The maximum Gasteiger partial charge on any atom is 0.158 e. The highest BCUT2D eigenvalue weighted by atomic mass is 16.7. The minimum Gasteiger partial charge on any atom is -0.358 e. The van der Waals surface area contributed by atoms with E-state index in [9.17, 15) is 0 Å². The van der Waals surface area contributed by atoms with Crippen LogP contribution in [0.5, 0.6) is 0 Å². The third kappa shape index (κ3) is 4.33. The van der Waals surface area contributed by atoms with Crippen LogP contribution >= 0.6 is 0 Å². The Morgan fingerprint density at radius 1 is 0.903 bits per heavy atom. The normalized spacial score (nSPS) is 20.9. The summed E-state index contributed by atoms with van der Waals surface area (Å²) in [6, 6.07) is 30.1. The molecule has 4 rings (SSSR count). The first-order valence-corrected chi connectivity index (χ1v) is 10.3. The van der Waals surface area contributed by atoms with E-state index in [1.165, 1.54) is 0 Å². The number of hydrogen-bond donors (Lipinski definition) is 0. The Morgan fingerprint density at radius 3 is 1.81 bits per heavy atom.